The van der Waals surface area contributed by atoms with Crippen LogP contribution in [0.15, 0.2) is 18.2 Å². The maximum Gasteiger partial charge on any atom is 0.251 e. The van der Waals surface area contributed by atoms with E-state index in [0.717, 1.165) is 37.5 Å². The molecule has 1 fully saturated rings. The van der Waals surface area contributed by atoms with Gasteiger partial charge in [0.15, 0.2) is 0 Å². The Hall–Kier alpha value is -1.42. The van der Waals surface area contributed by atoms with Gasteiger partial charge in [0.25, 0.3) is 5.91 Å². The van der Waals surface area contributed by atoms with Gasteiger partial charge in [0.05, 0.1) is 0 Å². The fourth-order valence-electron chi connectivity index (χ4n) is 2.72. The van der Waals surface area contributed by atoms with Crippen molar-refractivity contribution in [3.63, 3.8) is 0 Å². The zero-order valence-corrected chi connectivity index (χ0v) is 13.0. The highest BCUT2D eigenvalue weighted by atomic mass is 19.1. The molecule has 1 amide bonds. The summed E-state index contributed by atoms with van der Waals surface area (Å²) in [6.45, 7) is 8.12. The monoisotopic (exact) mass is 292 g/mol. The Morgan fingerprint density at radius 3 is 2.81 bits per heavy atom. The van der Waals surface area contributed by atoms with E-state index in [1.165, 1.54) is 25.0 Å². The number of likely N-dealkylation sites (tertiary alicyclic amines) is 1. The molecular formula is C17H25FN2O. The highest BCUT2D eigenvalue weighted by Crippen LogP contribution is 2.15. The normalized spacial score (nSPS) is 16.9. The molecule has 1 aliphatic rings. The Labute approximate surface area is 126 Å². The Balaban J connectivity index is 1.71. The number of nitrogens with zero attached hydrogens (tertiary/aromatic N) is 1. The first-order chi connectivity index (χ1) is 10.1. The number of rotatable bonds is 5. The van der Waals surface area contributed by atoms with Gasteiger partial charge in [0, 0.05) is 12.1 Å². The lowest BCUT2D eigenvalue weighted by molar-refractivity contribution is 0.0949. The van der Waals surface area contributed by atoms with Crippen LogP contribution in [0.2, 0.25) is 0 Å². The van der Waals surface area contributed by atoms with Crippen LogP contribution in [0.25, 0.3) is 0 Å². The molecule has 3 nitrogen and oxygen atoms in total. The average Bonchev–Trinajstić information content (AvgIpc) is 2.47. The maximum atomic E-state index is 13.2. The van der Waals surface area contributed by atoms with Gasteiger partial charge in [0.1, 0.15) is 5.82 Å². The number of hydrogen-bond donors (Lipinski definition) is 1. The number of piperidine rings is 1. The Bertz CT molecular complexity index is 482. The fraction of sp³-hybridized carbons (Fsp3) is 0.588. The van der Waals surface area contributed by atoms with Crippen LogP contribution in [0.4, 0.5) is 4.39 Å². The molecule has 21 heavy (non-hydrogen) atoms. The Morgan fingerprint density at radius 2 is 2.10 bits per heavy atom. The minimum absolute atomic E-state index is 0.181. The van der Waals surface area contributed by atoms with Crippen LogP contribution in [0, 0.1) is 18.7 Å². The molecule has 116 valence electrons. The Morgan fingerprint density at radius 1 is 1.38 bits per heavy atom. The first-order valence-electron chi connectivity index (χ1n) is 7.83. The molecule has 0 atom stereocenters. The molecule has 0 spiro atoms. The Kier molecular flexibility index (Phi) is 5.74. The third kappa shape index (κ3) is 4.81. The molecule has 0 aromatic heterocycles. The van der Waals surface area contributed by atoms with E-state index in [4.69, 9.17) is 0 Å². The standard InChI is InChI=1S/C17H25FN2O/c1-13-6-10-20(11-7-13)9-3-8-19-17(21)16-12-15(18)5-4-14(16)2/h4-5,12-13H,3,6-11H2,1-2H3,(H,19,21). The molecule has 1 aromatic carbocycles. The second-order valence-corrected chi connectivity index (χ2v) is 6.09. The summed E-state index contributed by atoms with van der Waals surface area (Å²) in [5.74, 6) is 0.296. The van der Waals surface area contributed by atoms with Crippen molar-refractivity contribution in [1.29, 1.82) is 0 Å². The van der Waals surface area contributed by atoms with Crippen molar-refractivity contribution >= 4 is 5.91 Å². The molecule has 1 aromatic rings. The molecule has 0 aliphatic carbocycles. The fourth-order valence-corrected chi connectivity index (χ4v) is 2.72. The van der Waals surface area contributed by atoms with Gasteiger partial charge in [-0.2, -0.15) is 0 Å². The van der Waals surface area contributed by atoms with E-state index in [9.17, 15) is 9.18 Å². The van der Waals surface area contributed by atoms with E-state index in [0.29, 0.717) is 12.1 Å². The minimum atomic E-state index is -0.367. The van der Waals surface area contributed by atoms with Crippen LogP contribution < -0.4 is 5.32 Å². The second-order valence-electron chi connectivity index (χ2n) is 6.09. The summed E-state index contributed by atoms with van der Waals surface area (Å²) in [6, 6.07) is 4.32. The van der Waals surface area contributed by atoms with Crippen LogP contribution in [0.3, 0.4) is 0 Å². The predicted octanol–water partition coefficient (Wildman–Crippen LogP) is 2.99. The molecular weight excluding hydrogens is 267 g/mol. The SMILES string of the molecule is Cc1ccc(F)cc1C(=O)NCCCN1CCC(C)CC1. The average molecular weight is 292 g/mol. The number of nitrogens with one attached hydrogen (secondary N) is 1. The first-order valence-corrected chi connectivity index (χ1v) is 7.83. The van der Waals surface area contributed by atoms with E-state index in [1.807, 2.05) is 6.92 Å². The van der Waals surface area contributed by atoms with Crippen molar-refractivity contribution in [2.45, 2.75) is 33.1 Å². The van der Waals surface area contributed by atoms with Gasteiger partial charge >= 0.3 is 0 Å². The van der Waals surface area contributed by atoms with E-state index in [-0.39, 0.29) is 11.7 Å². The molecule has 0 unspecified atom stereocenters. The van der Waals surface area contributed by atoms with E-state index in [1.54, 1.807) is 6.07 Å². The summed E-state index contributed by atoms with van der Waals surface area (Å²) in [7, 11) is 0. The molecule has 1 saturated heterocycles. The quantitative estimate of drug-likeness (QED) is 0.846. The van der Waals surface area contributed by atoms with Crippen LogP contribution in [-0.4, -0.2) is 37.0 Å². The summed E-state index contributed by atoms with van der Waals surface area (Å²) < 4.78 is 13.2. The summed E-state index contributed by atoms with van der Waals surface area (Å²) in [6.07, 6.45) is 3.48. The van der Waals surface area contributed by atoms with E-state index in [2.05, 4.69) is 17.1 Å². The number of carbonyl (C=O) groups is 1. The predicted molar refractivity (Wildman–Crippen MR) is 82.9 cm³/mol. The third-order valence-corrected chi connectivity index (χ3v) is 4.26. The maximum absolute atomic E-state index is 13.2. The molecule has 1 aliphatic heterocycles. The van der Waals surface area contributed by atoms with Gasteiger partial charge in [-0.25, -0.2) is 4.39 Å². The molecule has 0 saturated carbocycles. The summed E-state index contributed by atoms with van der Waals surface area (Å²) in [5, 5.41) is 2.88. The van der Waals surface area contributed by atoms with Crippen molar-refractivity contribution in [2.24, 2.45) is 5.92 Å². The summed E-state index contributed by atoms with van der Waals surface area (Å²) in [5.41, 5.74) is 1.24. The van der Waals surface area contributed by atoms with Crippen molar-refractivity contribution in [2.75, 3.05) is 26.2 Å². The number of amides is 1. The number of hydrogen-bond acceptors (Lipinski definition) is 2. The van der Waals surface area contributed by atoms with Gasteiger partial charge in [-0.3, -0.25) is 4.79 Å². The number of halogens is 1. The van der Waals surface area contributed by atoms with Crippen molar-refractivity contribution in [3.8, 4) is 0 Å². The van der Waals surface area contributed by atoms with Gasteiger partial charge in [-0.05, 0) is 69.4 Å². The lowest BCUT2D eigenvalue weighted by Gasteiger charge is -2.30. The molecule has 4 heteroatoms. The first kappa shape index (κ1) is 16.0. The summed E-state index contributed by atoms with van der Waals surface area (Å²) in [4.78, 5) is 14.5. The van der Waals surface area contributed by atoms with Crippen molar-refractivity contribution in [3.05, 3.63) is 35.1 Å². The molecule has 1 heterocycles. The minimum Gasteiger partial charge on any atom is -0.352 e. The third-order valence-electron chi connectivity index (χ3n) is 4.26. The second kappa shape index (κ2) is 7.55. The molecule has 0 bridgehead atoms. The van der Waals surface area contributed by atoms with Crippen molar-refractivity contribution < 1.29 is 9.18 Å². The highest BCUT2D eigenvalue weighted by Gasteiger charge is 2.15. The van der Waals surface area contributed by atoms with Gasteiger partial charge in [-0.15, -0.1) is 0 Å². The number of aryl methyl sites for hydroxylation is 1. The van der Waals surface area contributed by atoms with Gasteiger partial charge < -0.3 is 10.2 Å². The molecule has 1 N–H and O–H groups in total. The van der Waals surface area contributed by atoms with Crippen molar-refractivity contribution in [1.82, 2.24) is 10.2 Å². The lowest BCUT2D eigenvalue weighted by Crippen LogP contribution is -2.35. The summed E-state index contributed by atoms with van der Waals surface area (Å²) >= 11 is 0. The van der Waals surface area contributed by atoms with Gasteiger partial charge in [-0.1, -0.05) is 13.0 Å². The lowest BCUT2D eigenvalue weighted by atomic mass is 9.99. The zero-order chi connectivity index (χ0) is 15.2. The molecule has 0 radical (unpaired) electrons. The topological polar surface area (TPSA) is 32.3 Å². The van der Waals surface area contributed by atoms with Crippen LogP contribution in [0.5, 0.6) is 0 Å². The van der Waals surface area contributed by atoms with Crippen LogP contribution >= 0.6 is 0 Å². The number of carbonyl (C=O) groups excluding carboxylic acids is 1. The van der Waals surface area contributed by atoms with E-state index < -0.39 is 0 Å². The number of benzene rings is 1. The van der Waals surface area contributed by atoms with Crippen LogP contribution in [-0.2, 0) is 0 Å². The van der Waals surface area contributed by atoms with E-state index >= 15 is 0 Å². The molecule has 2 rings (SSSR count). The van der Waals surface area contributed by atoms with Crippen LogP contribution in [0.1, 0.15) is 42.1 Å². The highest BCUT2D eigenvalue weighted by molar-refractivity contribution is 5.95. The van der Waals surface area contributed by atoms with Gasteiger partial charge in [0.2, 0.25) is 0 Å². The zero-order valence-electron chi connectivity index (χ0n) is 13.0. The largest absolute Gasteiger partial charge is 0.352 e. The smallest absolute Gasteiger partial charge is 0.251 e.